The van der Waals surface area contributed by atoms with Crippen LogP contribution in [0.3, 0.4) is 0 Å². The van der Waals surface area contributed by atoms with Gasteiger partial charge in [-0.2, -0.15) is 11.6 Å². The molecule has 0 aromatic carbocycles. The number of carbonyl (C=O) groups is 4. The van der Waals surface area contributed by atoms with Gasteiger partial charge in [-0.1, -0.05) is 6.92 Å². The van der Waals surface area contributed by atoms with E-state index in [4.69, 9.17) is 0 Å². The van der Waals surface area contributed by atoms with E-state index in [1.54, 1.807) is 20.8 Å². The molecule has 6 nitrogen and oxygen atoms in total. The van der Waals surface area contributed by atoms with Crippen molar-refractivity contribution >= 4 is 23.6 Å². The maximum atomic E-state index is 11.0. The molecule has 2 heterocycles. The summed E-state index contributed by atoms with van der Waals surface area (Å²) in [5.74, 6) is -0.956. The van der Waals surface area contributed by atoms with Crippen molar-refractivity contribution in [2.45, 2.75) is 20.8 Å². The summed E-state index contributed by atoms with van der Waals surface area (Å²) in [6.45, 7) is 4.90. The fourth-order valence-corrected chi connectivity index (χ4v) is 1.56. The first-order valence-electron chi connectivity index (χ1n) is 5.61. The molecule has 0 atom stereocenters. The second-order valence-corrected chi connectivity index (χ2v) is 4.34. The van der Waals surface area contributed by atoms with Crippen LogP contribution in [-0.4, -0.2) is 47.5 Å². The Kier molecular flexibility index (Phi) is 6.64. The van der Waals surface area contributed by atoms with E-state index < -0.39 is 0 Å². The monoisotopic (exact) mass is 352 g/mol. The molecule has 0 bridgehead atoms. The van der Waals surface area contributed by atoms with Crippen LogP contribution in [0.15, 0.2) is 16.7 Å². The van der Waals surface area contributed by atoms with Crippen LogP contribution in [0.5, 0.6) is 0 Å². The van der Waals surface area contributed by atoms with Gasteiger partial charge in [0.05, 0.1) is 5.91 Å². The SMILES string of the molecule is CC1=C(C)C(=O)N(C)C1=O.CC1=[C-]C(=O)N(C)C1=O.[Y]. The Balaban J connectivity index is 0.000000345. The number of carbonyl (C=O) groups excluding carboxylic acids is 4. The van der Waals surface area contributed by atoms with E-state index in [0.29, 0.717) is 16.7 Å². The molecule has 2 aliphatic rings. The van der Waals surface area contributed by atoms with Gasteiger partial charge in [-0.05, 0) is 20.9 Å². The van der Waals surface area contributed by atoms with Gasteiger partial charge in [0.15, 0.2) is 0 Å². The number of hydrogen-bond acceptors (Lipinski definition) is 4. The number of amides is 4. The smallest absolute Gasteiger partial charge is 0.256 e. The Morgan fingerprint density at radius 3 is 1.25 bits per heavy atom. The normalized spacial score (nSPS) is 18.1. The zero-order valence-electron chi connectivity index (χ0n) is 12.1. The Labute approximate surface area is 142 Å². The standard InChI is InChI=1S/C7H9NO2.C6H6NO2.Y/c1-4-5(2)7(10)8(3)6(4)9;1-4-3-5(8)7(2)6(4)9;/h1-3H3;1-2H3;/q;-1;. The quantitative estimate of drug-likeness (QED) is 0.456. The first-order chi connectivity index (χ1) is 8.68. The predicted octanol–water partition coefficient (Wildman–Crippen LogP) is 0.0534. The molecule has 0 unspecified atom stereocenters. The first-order valence-corrected chi connectivity index (χ1v) is 5.61. The third-order valence-electron chi connectivity index (χ3n) is 3.04. The molecule has 0 spiro atoms. The van der Waals surface area contributed by atoms with Gasteiger partial charge in [-0.15, -0.1) is 0 Å². The minimum Gasteiger partial charge on any atom is -0.383 e. The molecular weight excluding hydrogens is 337 g/mol. The Hall–Kier alpha value is -1.14. The molecule has 0 aromatic rings. The second-order valence-electron chi connectivity index (χ2n) is 4.34. The second kappa shape index (κ2) is 7.04. The van der Waals surface area contributed by atoms with E-state index in [-0.39, 0.29) is 56.3 Å². The van der Waals surface area contributed by atoms with E-state index in [1.807, 2.05) is 0 Å². The van der Waals surface area contributed by atoms with Crippen molar-refractivity contribution in [2.24, 2.45) is 0 Å². The van der Waals surface area contributed by atoms with Crippen molar-refractivity contribution in [1.29, 1.82) is 0 Å². The van der Waals surface area contributed by atoms with Crippen LogP contribution in [0.2, 0.25) is 0 Å². The van der Waals surface area contributed by atoms with Gasteiger partial charge in [0.1, 0.15) is 5.91 Å². The number of nitrogens with zero attached hydrogens (tertiary/aromatic N) is 2. The molecule has 0 aromatic heterocycles. The minimum atomic E-state index is -0.350. The van der Waals surface area contributed by atoms with Gasteiger partial charge in [0.2, 0.25) is 0 Å². The molecule has 1 radical (unpaired) electrons. The average Bonchev–Trinajstić information content (AvgIpc) is 2.69. The van der Waals surface area contributed by atoms with Crippen molar-refractivity contribution in [3.05, 3.63) is 22.8 Å². The average molecular weight is 352 g/mol. The Morgan fingerprint density at radius 2 is 1.15 bits per heavy atom. The third-order valence-corrected chi connectivity index (χ3v) is 3.04. The zero-order valence-corrected chi connectivity index (χ0v) is 14.9. The van der Waals surface area contributed by atoms with Crippen LogP contribution < -0.4 is 0 Å². The maximum Gasteiger partial charge on any atom is 0.256 e. The van der Waals surface area contributed by atoms with Crippen LogP contribution in [0, 0.1) is 6.08 Å². The van der Waals surface area contributed by atoms with Crippen LogP contribution in [0.1, 0.15) is 20.8 Å². The van der Waals surface area contributed by atoms with E-state index >= 15 is 0 Å². The summed E-state index contributed by atoms with van der Waals surface area (Å²) in [6, 6.07) is 0. The molecule has 0 saturated carbocycles. The summed E-state index contributed by atoms with van der Waals surface area (Å²) in [5.41, 5.74) is 1.52. The topological polar surface area (TPSA) is 74.8 Å². The summed E-state index contributed by atoms with van der Waals surface area (Å²) in [4.78, 5) is 45.4. The van der Waals surface area contributed by atoms with Crippen molar-refractivity contribution < 1.29 is 51.9 Å². The molecule has 105 valence electrons. The predicted molar refractivity (Wildman–Crippen MR) is 66.4 cm³/mol. The van der Waals surface area contributed by atoms with Gasteiger partial charge < -0.3 is 9.69 Å². The van der Waals surface area contributed by atoms with Gasteiger partial charge in [0.25, 0.3) is 11.8 Å². The van der Waals surface area contributed by atoms with Gasteiger partial charge in [-0.25, -0.2) is 0 Å². The maximum absolute atomic E-state index is 11.0. The first kappa shape index (κ1) is 18.9. The number of hydrogen-bond donors (Lipinski definition) is 0. The summed E-state index contributed by atoms with van der Waals surface area (Å²) in [7, 11) is 2.93. The van der Waals surface area contributed by atoms with Crippen LogP contribution in [0.4, 0.5) is 0 Å². The molecule has 0 fully saturated rings. The van der Waals surface area contributed by atoms with Crippen LogP contribution in [0.25, 0.3) is 0 Å². The van der Waals surface area contributed by atoms with Crippen molar-refractivity contribution in [2.75, 3.05) is 14.1 Å². The van der Waals surface area contributed by atoms with E-state index in [9.17, 15) is 19.2 Å². The fraction of sp³-hybridized carbons (Fsp3) is 0.385. The Bertz CT molecular complexity index is 525. The van der Waals surface area contributed by atoms with Crippen molar-refractivity contribution in [1.82, 2.24) is 9.80 Å². The molecule has 0 N–H and O–H groups in total. The number of likely N-dealkylation sites (N-methyl/N-ethyl adjacent to an activating group) is 2. The summed E-state index contributed by atoms with van der Waals surface area (Å²) in [5, 5.41) is 0. The van der Waals surface area contributed by atoms with Crippen molar-refractivity contribution in [3.8, 4) is 0 Å². The molecule has 2 aliphatic heterocycles. The van der Waals surface area contributed by atoms with Gasteiger partial charge in [0, 0.05) is 50.9 Å². The molecule has 0 aliphatic carbocycles. The van der Waals surface area contributed by atoms with Crippen LogP contribution >= 0.6 is 0 Å². The fourth-order valence-electron chi connectivity index (χ4n) is 1.56. The molecule has 0 saturated heterocycles. The molecule has 7 heteroatoms. The number of rotatable bonds is 0. The Morgan fingerprint density at radius 1 is 0.750 bits per heavy atom. The summed E-state index contributed by atoms with van der Waals surface area (Å²) in [6.07, 6.45) is 2.37. The molecule has 20 heavy (non-hydrogen) atoms. The van der Waals surface area contributed by atoms with Crippen LogP contribution in [-0.2, 0) is 51.9 Å². The third kappa shape index (κ3) is 3.49. The molecule has 2 rings (SSSR count). The van der Waals surface area contributed by atoms with E-state index in [1.165, 1.54) is 14.1 Å². The van der Waals surface area contributed by atoms with Gasteiger partial charge >= 0.3 is 0 Å². The van der Waals surface area contributed by atoms with E-state index in [0.717, 1.165) is 9.80 Å². The largest absolute Gasteiger partial charge is 0.383 e. The zero-order chi connectivity index (χ0) is 14.9. The van der Waals surface area contributed by atoms with Gasteiger partial charge in [-0.3, -0.25) is 19.3 Å². The summed E-state index contributed by atoms with van der Waals surface area (Å²) < 4.78 is 0. The van der Waals surface area contributed by atoms with E-state index in [2.05, 4.69) is 6.08 Å². The molecule has 4 amide bonds. The van der Waals surface area contributed by atoms with Crippen molar-refractivity contribution in [3.63, 3.8) is 0 Å². The molecular formula is C13H15N2O4Y-. The summed E-state index contributed by atoms with van der Waals surface area (Å²) >= 11 is 0. The number of imide groups is 2. The minimum absolute atomic E-state index is 0.